The highest BCUT2D eigenvalue weighted by Crippen LogP contribution is 2.18. The summed E-state index contributed by atoms with van der Waals surface area (Å²) in [6.07, 6.45) is 0.516. The molecule has 82 valence electrons. The van der Waals surface area contributed by atoms with Crippen molar-refractivity contribution >= 4 is 22.9 Å². The van der Waals surface area contributed by atoms with E-state index in [1.165, 1.54) is 0 Å². The number of rotatable bonds is 5. The Labute approximate surface area is 94.9 Å². The Bertz CT molecular complexity index is 341. The van der Waals surface area contributed by atoms with Crippen molar-refractivity contribution in [3.05, 3.63) is 29.8 Å². The highest BCUT2D eigenvalue weighted by atomic mass is 32.1. The maximum atomic E-state index is 12.1. The maximum absolute atomic E-state index is 12.1. The van der Waals surface area contributed by atoms with Gasteiger partial charge in [0.25, 0.3) is 0 Å². The summed E-state index contributed by atoms with van der Waals surface area (Å²) in [4.78, 5) is 2.34. The van der Waals surface area contributed by atoms with E-state index in [4.69, 9.17) is 18.0 Å². The monoisotopic (exact) mass is 226 g/mol. The SMILES string of the molecule is CN(CCCF)c1ccccc1C(N)=S. The van der Waals surface area contributed by atoms with E-state index in [1.807, 2.05) is 36.2 Å². The van der Waals surface area contributed by atoms with Crippen LogP contribution in [0.25, 0.3) is 0 Å². The Morgan fingerprint density at radius 1 is 1.47 bits per heavy atom. The Morgan fingerprint density at radius 2 is 2.13 bits per heavy atom. The van der Waals surface area contributed by atoms with Gasteiger partial charge < -0.3 is 10.6 Å². The van der Waals surface area contributed by atoms with Crippen LogP contribution in [0, 0.1) is 0 Å². The number of hydrogen-bond donors (Lipinski definition) is 1. The van der Waals surface area contributed by atoms with Crippen molar-refractivity contribution in [2.75, 3.05) is 25.2 Å². The molecule has 0 unspecified atom stereocenters. The number of thiocarbonyl (C=S) groups is 1. The van der Waals surface area contributed by atoms with Crippen LogP contribution in [0.1, 0.15) is 12.0 Å². The summed E-state index contributed by atoms with van der Waals surface area (Å²) in [7, 11) is 1.91. The molecule has 0 bridgehead atoms. The first kappa shape index (κ1) is 11.9. The fourth-order valence-electron chi connectivity index (χ4n) is 1.43. The van der Waals surface area contributed by atoms with Crippen LogP contribution < -0.4 is 10.6 Å². The van der Waals surface area contributed by atoms with Gasteiger partial charge in [0.1, 0.15) is 4.99 Å². The second-order valence-electron chi connectivity index (χ2n) is 3.35. The topological polar surface area (TPSA) is 29.3 Å². The number of benzene rings is 1. The second kappa shape index (κ2) is 5.66. The van der Waals surface area contributed by atoms with Crippen molar-refractivity contribution in [1.82, 2.24) is 0 Å². The molecule has 2 nitrogen and oxygen atoms in total. The molecule has 15 heavy (non-hydrogen) atoms. The maximum Gasteiger partial charge on any atom is 0.106 e. The van der Waals surface area contributed by atoms with E-state index in [0.29, 0.717) is 18.0 Å². The lowest BCUT2D eigenvalue weighted by molar-refractivity contribution is 0.474. The number of halogens is 1. The van der Waals surface area contributed by atoms with Crippen LogP contribution in [-0.2, 0) is 0 Å². The van der Waals surface area contributed by atoms with Gasteiger partial charge in [-0.15, -0.1) is 0 Å². The van der Waals surface area contributed by atoms with E-state index >= 15 is 0 Å². The molecule has 0 spiro atoms. The van der Waals surface area contributed by atoms with Crippen LogP contribution >= 0.6 is 12.2 Å². The third-order valence-corrected chi connectivity index (χ3v) is 2.43. The molecule has 0 heterocycles. The van der Waals surface area contributed by atoms with E-state index < -0.39 is 0 Å². The first-order valence-electron chi connectivity index (χ1n) is 4.82. The smallest absolute Gasteiger partial charge is 0.106 e. The summed E-state index contributed by atoms with van der Waals surface area (Å²) >= 11 is 4.96. The molecule has 0 atom stereocenters. The second-order valence-corrected chi connectivity index (χ2v) is 3.79. The molecule has 1 rings (SSSR count). The summed E-state index contributed by atoms with van der Waals surface area (Å²) in [5, 5.41) is 0. The normalized spacial score (nSPS) is 10.0. The fraction of sp³-hybridized carbons (Fsp3) is 0.364. The summed E-state index contributed by atoms with van der Waals surface area (Å²) in [5.74, 6) is 0. The lowest BCUT2D eigenvalue weighted by atomic mass is 10.1. The standard InChI is InChI=1S/C11H15FN2S/c1-14(8-4-7-12)10-6-3-2-5-9(10)11(13)15/h2-3,5-6H,4,7-8H2,1H3,(H2,13,15). The van der Waals surface area contributed by atoms with Gasteiger partial charge in [0.15, 0.2) is 0 Å². The summed E-state index contributed by atoms with van der Waals surface area (Å²) < 4.78 is 12.1. The molecular weight excluding hydrogens is 211 g/mol. The molecule has 4 heteroatoms. The van der Waals surface area contributed by atoms with Crippen molar-refractivity contribution in [2.24, 2.45) is 5.73 Å². The minimum atomic E-state index is -0.306. The third kappa shape index (κ3) is 3.16. The van der Waals surface area contributed by atoms with Crippen LogP contribution in [0.2, 0.25) is 0 Å². The fourth-order valence-corrected chi connectivity index (χ4v) is 1.60. The van der Waals surface area contributed by atoms with Crippen molar-refractivity contribution in [3.63, 3.8) is 0 Å². The number of nitrogens with two attached hydrogens (primary N) is 1. The summed E-state index contributed by atoms with van der Waals surface area (Å²) in [6.45, 7) is 0.357. The highest BCUT2D eigenvalue weighted by Gasteiger charge is 2.07. The first-order chi connectivity index (χ1) is 7.16. The minimum Gasteiger partial charge on any atom is -0.389 e. The third-order valence-electron chi connectivity index (χ3n) is 2.21. The predicted molar refractivity (Wildman–Crippen MR) is 66.2 cm³/mol. The van der Waals surface area contributed by atoms with Gasteiger partial charge in [-0.25, -0.2) is 0 Å². The van der Waals surface area contributed by atoms with Crippen LogP contribution in [0.15, 0.2) is 24.3 Å². The Hall–Kier alpha value is -1.16. The van der Waals surface area contributed by atoms with Gasteiger partial charge in [-0.2, -0.15) is 0 Å². The van der Waals surface area contributed by atoms with Gasteiger partial charge in [-0.05, 0) is 18.6 Å². The quantitative estimate of drug-likeness (QED) is 0.780. The Kier molecular flexibility index (Phi) is 4.49. The van der Waals surface area contributed by atoms with Crippen LogP contribution in [0.4, 0.5) is 10.1 Å². The van der Waals surface area contributed by atoms with Gasteiger partial charge in [-0.3, -0.25) is 4.39 Å². The average molecular weight is 226 g/mol. The minimum absolute atomic E-state index is 0.306. The first-order valence-corrected chi connectivity index (χ1v) is 5.23. The van der Waals surface area contributed by atoms with Gasteiger partial charge >= 0.3 is 0 Å². The largest absolute Gasteiger partial charge is 0.389 e. The lowest BCUT2D eigenvalue weighted by Crippen LogP contribution is -2.23. The summed E-state index contributed by atoms with van der Waals surface area (Å²) in [6, 6.07) is 7.63. The zero-order valence-corrected chi connectivity index (χ0v) is 9.56. The average Bonchev–Trinajstić information content (AvgIpc) is 2.25. The van der Waals surface area contributed by atoms with E-state index in [1.54, 1.807) is 0 Å². The van der Waals surface area contributed by atoms with E-state index in [0.717, 1.165) is 11.3 Å². The molecule has 0 aromatic heterocycles. The molecule has 0 saturated carbocycles. The number of para-hydroxylation sites is 1. The summed E-state index contributed by atoms with van der Waals surface area (Å²) in [5.41, 5.74) is 7.41. The molecule has 0 fully saturated rings. The molecular formula is C11H15FN2S. The number of anilines is 1. The zero-order valence-electron chi connectivity index (χ0n) is 8.74. The zero-order chi connectivity index (χ0) is 11.3. The van der Waals surface area contributed by atoms with Crippen molar-refractivity contribution in [3.8, 4) is 0 Å². The number of alkyl halides is 1. The predicted octanol–water partition coefficient (Wildman–Crippen LogP) is 2.12. The van der Waals surface area contributed by atoms with E-state index in [2.05, 4.69) is 0 Å². The van der Waals surface area contributed by atoms with Crippen LogP contribution in [0.5, 0.6) is 0 Å². The van der Waals surface area contributed by atoms with Gasteiger partial charge in [-0.1, -0.05) is 24.4 Å². The molecule has 0 aliphatic heterocycles. The van der Waals surface area contributed by atoms with Crippen molar-refractivity contribution < 1.29 is 4.39 Å². The molecule has 0 amide bonds. The van der Waals surface area contributed by atoms with Crippen molar-refractivity contribution in [2.45, 2.75) is 6.42 Å². The Balaban J connectivity index is 2.87. The van der Waals surface area contributed by atoms with Gasteiger partial charge in [0, 0.05) is 24.8 Å². The van der Waals surface area contributed by atoms with Crippen LogP contribution in [0.3, 0.4) is 0 Å². The lowest BCUT2D eigenvalue weighted by Gasteiger charge is -2.21. The van der Waals surface area contributed by atoms with Crippen molar-refractivity contribution in [1.29, 1.82) is 0 Å². The molecule has 1 aromatic rings. The molecule has 0 saturated heterocycles. The van der Waals surface area contributed by atoms with Gasteiger partial charge in [0.2, 0.25) is 0 Å². The highest BCUT2D eigenvalue weighted by molar-refractivity contribution is 7.80. The van der Waals surface area contributed by atoms with Crippen LogP contribution in [-0.4, -0.2) is 25.3 Å². The molecule has 0 radical (unpaired) electrons. The Morgan fingerprint density at radius 3 is 2.73 bits per heavy atom. The van der Waals surface area contributed by atoms with Gasteiger partial charge in [0.05, 0.1) is 6.67 Å². The van der Waals surface area contributed by atoms with E-state index in [9.17, 15) is 4.39 Å². The number of nitrogens with zero attached hydrogens (tertiary/aromatic N) is 1. The molecule has 0 aliphatic rings. The molecule has 2 N–H and O–H groups in total. The van der Waals surface area contributed by atoms with E-state index in [-0.39, 0.29) is 6.67 Å². The number of hydrogen-bond acceptors (Lipinski definition) is 2. The molecule has 1 aromatic carbocycles. The molecule has 0 aliphatic carbocycles.